The molecule has 192 valence electrons. The maximum Gasteiger partial charge on any atom is 0.408 e. The van der Waals surface area contributed by atoms with Gasteiger partial charge in [0.2, 0.25) is 0 Å². The minimum atomic E-state index is -1.52. The van der Waals surface area contributed by atoms with Crippen LogP contribution in [0.3, 0.4) is 0 Å². The van der Waals surface area contributed by atoms with E-state index in [0.717, 1.165) is 22.3 Å². The van der Waals surface area contributed by atoms with Crippen LogP contribution in [0.1, 0.15) is 44.7 Å². The number of hydrogen-bond donors (Lipinski definition) is 3. The van der Waals surface area contributed by atoms with Gasteiger partial charge >= 0.3 is 24.1 Å². The molecule has 0 saturated heterocycles. The molecule has 2 aromatic rings. The van der Waals surface area contributed by atoms with Crippen LogP contribution in [0.25, 0.3) is 11.1 Å². The molecule has 0 fully saturated rings. The van der Waals surface area contributed by atoms with Crippen LogP contribution in [-0.4, -0.2) is 60.1 Å². The van der Waals surface area contributed by atoms with Crippen LogP contribution in [0.15, 0.2) is 48.5 Å². The molecule has 2 aromatic carbocycles. The minimum Gasteiger partial charge on any atom is -0.480 e. The first-order valence-electron chi connectivity index (χ1n) is 11.5. The number of benzene rings is 2. The zero-order valence-electron chi connectivity index (χ0n) is 20.6. The van der Waals surface area contributed by atoms with E-state index in [1.807, 2.05) is 48.5 Å². The number of nitrogens with one attached hydrogen (secondary N) is 2. The van der Waals surface area contributed by atoms with Crippen LogP contribution in [0.5, 0.6) is 0 Å². The number of carboxylic acid groups (broad SMARTS) is 1. The number of amides is 2. The van der Waals surface area contributed by atoms with Crippen LogP contribution in [0, 0.1) is 0 Å². The molecule has 0 bridgehead atoms. The van der Waals surface area contributed by atoms with Gasteiger partial charge in [-0.15, -0.1) is 0 Å². The van der Waals surface area contributed by atoms with Crippen molar-refractivity contribution in [3.8, 4) is 11.1 Å². The number of carboxylic acids is 1. The molecular formula is C26H30N2O8. The van der Waals surface area contributed by atoms with Crippen molar-refractivity contribution in [1.82, 2.24) is 10.6 Å². The lowest BCUT2D eigenvalue weighted by molar-refractivity contribution is -0.150. The minimum absolute atomic E-state index is 0.0719. The quantitative estimate of drug-likeness (QED) is 0.371. The van der Waals surface area contributed by atoms with Gasteiger partial charge in [0.25, 0.3) is 0 Å². The lowest BCUT2D eigenvalue weighted by atomic mass is 9.98. The smallest absolute Gasteiger partial charge is 0.408 e. The summed E-state index contributed by atoms with van der Waals surface area (Å²) in [4.78, 5) is 47.9. The Morgan fingerprint density at radius 2 is 1.44 bits per heavy atom. The molecule has 3 N–H and O–H groups in total. The first-order chi connectivity index (χ1) is 17.0. The number of esters is 1. The molecule has 2 atom stereocenters. The molecule has 0 aromatic heterocycles. The predicted molar refractivity (Wildman–Crippen MR) is 129 cm³/mol. The SMILES string of the molecule is C[C@H](NC(=O)OCC1c2ccccc2-c2ccccc21)C(=O)OC[C@H](NC(=O)OC(C)(C)C)C(=O)O. The molecule has 0 radical (unpaired) electrons. The van der Waals surface area contributed by atoms with Crippen molar-refractivity contribution < 1.29 is 38.5 Å². The van der Waals surface area contributed by atoms with Crippen LogP contribution in [-0.2, 0) is 23.8 Å². The maximum atomic E-state index is 12.4. The molecular weight excluding hydrogens is 468 g/mol. The number of alkyl carbamates (subject to hydrolysis) is 2. The molecule has 0 unspecified atom stereocenters. The summed E-state index contributed by atoms with van der Waals surface area (Å²) in [5.41, 5.74) is 3.46. The molecule has 1 aliphatic rings. The summed E-state index contributed by atoms with van der Waals surface area (Å²) in [6.45, 7) is 5.67. The molecule has 0 aliphatic heterocycles. The average Bonchev–Trinajstić information content (AvgIpc) is 3.12. The van der Waals surface area contributed by atoms with Gasteiger partial charge in [-0.2, -0.15) is 0 Å². The summed E-state index contributed by atoms with van der Waals surface area (Å²) in [5.74, 6) is -2.44. The van der Waals surface area contributed by atoms with E-state index < -0.39 is 48.4 Å². The monoisotopic (exact) mass is 498 g/mol. The van der Waals surface area contributed by atoms with Crippen molar-refractivity contribution in [1.29, 1.82) is 0 Å². The average molecular weight is 499 g/mol. The van der Waals surface area contributed by atoms with Gasteiger partial charge in [-0.3, -0.25) is 0 Å². The molecule has 0 heterocycles. The van der Waals surface area contributed by atoms with E-state index in [1.165, 1.54) is 6.92 Å². The Morgan fingerprint density at radius 3 is 1.97 bits per heavy atom. The standard InChI is InChI=1S/C26H30N2O8/c1-15(23(31)34-14-21(22(29)30)28-25(33)36-26(2,3)4)27-24(32)35-13-20-18-11-7-5-9-16(18)17-10-6-8-12-19(17)20/h5-12,15,20-21H,13-14H2,1-4H3,(H,27,32)(H,28,33)(H,29,30)/t15-,21-/m0/s1. The Balaban J connectivity index is 1.50. The third-order valence-electron chi connectivity index (χ3n) is 5.41. The number of carbonyl (C=O) groups is 4. The first kappa shape index (κ1) is 26.5. The fourth-order valence-corrected chi connectivity index (χ4v) is 3.79. The molecule has 1 aliphatic carbocycles. The van der Waals surface area contributed by atoms with Crippen molar-refractivity contribution >= 4 is 24.1 Å². The number of ether oxygens (including phenoxy) is 3. The second kappa shape index (κ2) is 11.1. The Hall–Kier alpha value is -4.08. The normalized spacial score (nSPS) is 14.0. The van der Waals surface area contributed by atoms with Crippen LogP contribution < -0.4 is 10.6 Å². The number of hydrogen-bond acceptors (Lipinski definition) is 7. The lowest BCUT2D eigenvalue weighted by Crippen LogP contribution is -2.47. The van der Waals surface area contributed by atoms with E-state index in [9.17, 15) is 24.3 Å². The summed E-state index contributed by atoms with van der Waals surface area (Å²) in [6, 6.07) is 13.2. The summed E-state index contributed by atoms with van der Waals surface area (Å²) in [6.07, 6.45) is -1.78. The van der Waals surface area contributed by atoms with Gasteiger partial charge < -0.3 is 30.0 Å². The predicted octanol–water partition coefficient (Wildman–Crippen LogP) is 3.43. The van der Waals surface area contributed by atoms with Crippen LogP contribution in [0.2, 0.25) is 0 Å². The first-order valence-corrected chi connectivity index (χ1v) is 11.5. The largest absolute Gasteiger partial charge is 0.480 e. The summed E-state index contributed by atoms with van der Waals surface area (Å²) >= 11 is 0. The number of carbonyl (C=O) groups excluding carboxylic acids is 3. The highest BCUT2D eigenvalue weighted by molar-refractivity contribution is 5.83. The van der Waals surface area contributed by atoms with Gasteiger partial charge in [-0.25, -0.2) is 19.2 Å². The molecule has 10 nitrogen and oxygen atoms in total. The Kier molecular flexibility index (Phi) is 8.18. The Morgan fingerprint density at radius 1 is 0.889 bits per heavy atom. The summed E-state index contributed by atoms with van der Waals surface area (Å²) < 4.78 is 15.4. The Labute approximate surface area is 208 Å². The van der Waals surface area contributed by atoms with Crippen LogP contribution in [0.4, 0.5) is 9.59 Å². The van der Waals surface area contributed by atoms with Crippen molar-refractivity contribution in [3.63, 3.8) is 0 Å². The number of rotatable bonds is 8. The highest BCUT2D eigenvalue weighted by Crippen LogP contribution is 2.44. The molecule has 0 saturated carbocycles. The fourth-order valence-electron chi connectivity index (χ4n) is 3.79. The van der Waals surface area contributed by atoms with E-state index in [4.69, 9.17) is 14.2 Å². The fraction of sp³-hybridized carbons (Fsp3) is 0.385. The van der Waals surface area contributed by atoms with Gasteiger partial charge in [-0.1, -0.05) is 48.5 Å². The van der Waals surface area contributed by atoms with Gasteiger partial charge in [0.1, 0.15) is 24.9 Å². The number of fused-ring (bicyclic) bond motifs is 3. The van der Waals surface area contributed by atoms with E-state index in [-0.39, 0.29) is 12.5 Å². The highest BCUT2D eigenvalue weighted by atomic mass is 16.6. The lowest BCUT2D eigenvalue weighted by Gasteiger charge is -2.22. The third kappa shape index (κ3) is 6.74. The summed E-state index contributed by atoms with van der Waals surface area (Å²) in [7, 11) is 0. The molecule has 0 spiro atoms. The molecule has 10 heteroatoms. The summed E-state index contributed by atoms with van der Waals surface area (Å²) in [5, 5.41) is 13.8. The zero-order valence-corrected chi connectivity index (χ0v) is 20.6. The molecule has 3 rings (SSSR count). The van der Waals surface area contributed by atoms with Crippen molar-refractivity contribution in [2.45, 2.75) is 51.3 Å². The molecule has 2 amide bonds. The second-order valence-electron chi connectivity index (χ2n) is 9.36. The Bertz CT molecular complexity index is 1100. The van der Waals surface area contributed by atoms with Crippen molar-refractivity contribution in [3.05, 3.63) is 59.7 Å². The topological polar surface area (TPSA) is 140 Å². The van der Waals surface area contributed by atoms with E-state index in [0.29, 0.717) is 0 Å². The highest BCUT2D eigenvalue weighted by Gasteiger charge is 2.30. The second-order valence-corrected chi connectivity index (χ2v) is 9.36. The van der Waals surface area contributed by atoms with E-state index in [2.05, 4.69) is 10.6 Å². The van der Waals surface area contributed by atoms with Crippen LogP contribution >= 0.6 is 0 Å². The van der Waals surface area contributed by atoms with Gasteiger partial charge in [0.15, 0.2) is 6.04 Å². The van der Waals surface area contributed by atoms with E-state index in [1.54, 1.807) is 20.8 Å². The van der Waals surface area contributed by atoms with Crippen molar-refractivity contribution in [2.75, 3.05) is 13.2 Å². The molecule has 36 heavy (non-hydrogen) atoms. The zero-order chi connectivity index (χ0) is 26.5. The maximum absolute atomic E-state index is 12.4. The van der Waals surface area contributed by atoms with Gasteiger partial charge in [0, 0.05) is 5.92 Å². The van der Waals surface area contributed by atoms with E-state index >= 15 is 0 Å². The van der Waals surface area contributed by atoms with Gasteiger partial charge in [-0.05, 0) is 49.9 Å². The van der Waals surface area contributed by atoms with Crippen molar-refractivity contribution in [2.24, 2.45) is 0 Å². The van der Waals surface area contributed by atoms with Gasteiger partial charge in [0.05, 0.1) is 0 Å². The number of aliphatic carboxylic acids is 1. The third-order valence-corrected chi connectivity index (χ3v) is 5.41.